The first-order chi connectivity index (χ1) is 9.67. The molecule has 0 heterocycles. The van der Waals surface area contributed by atoms with Crippen molar-refractivity contribution in [3.63, 3.8) is 0 Å². The fourth-order valence-corrected chi connectivity index (χ4v) is 1.46. The van der Waals surface area contributed by atoms with Crippen molar-refractivity contribution in [2.24, 2.45) is 0 Å². The van der Waals surface area contributed by atoms with Gasteiger partial charge in [-0.15, -0.1) is 0 Å². The third-order valence-electron chi connectivity index (χ3n) is 2.92. The van der Waals surface area contributed by atoms with Gasteiger partial charge in [-0.25, -0.2) is 14.0 Å². The molecule has 9 heteroatoms. The Balaban J connectivity index is 2.89. The van der Waals surface area contributed by atoms with E-state index in [9.17, 15) is 24.1 Å². The molecule has 8 nitrogen and oxygen atoms in total. The van der Waals surface area contributed by atoms with Gasteiger partial charge in [0.05, 0.1) is 16.7 Å². The number of rotatable bonds is 5. The van der Waals surface area contributed by atoms with Gasteiger partial charge < -0.3 is 15.7 Å². The molecule has 21 heavy (non-hydrogen) atoms. The van der Waals surface area contributed by atoms with Gasteiger partial charge in [-0.1, -0.05) is 6.92 Å². The van der Waals surface area contributed by atoms with Gasteiger partial charge >= 0.3 is 12.0 Å². The van der Waals surface area contributed by atoms with E-state index in [1.54, 1.807) is 6.92 Å². The van der Waals surface area contributed by atoms with Gasteiger partial charge in [0.25, 0.3) is 5.69 Å². The SMILES string of the molecule is CCC(C)(NC(=O)Nc1cc(F)cc([N+](=O)[O-])c1)C(=O)O. The molecule has 0 saturated heterocycles. The molecule has 0 aromatic heterocycles. The van der Waals surface area contributed by atoms with Crippen molar-refractivity contribution in [1.82, 2.24) is 5.32 Å². The molecule has 1 aromatic rings. The zero-order valence-electron chi connectivity index (χ0n) is 11.3. The standard InChI is InChI=1S/C12H14FN3O5/c1-3-12(2,10(17)18)15-11(19)14-8-4-7(13)5-9(6-8)16(20)21/h4-6H,3H2,1-2H3,(H,17,18)(H2,14,15,19). The van der Waals surface area contributed by atoms with E-state index in [4.69, 9.17) is 5.11 Å². The zero-order valence-corrected chi connectivity index (χ0v) is 11.3. The van der Waals surface area contributed by atoms with Crippen molar-refractivity contribution in [2.45, 2.75) is 25.8 Å². The molecule has 1 aromatic carbocycles. The van der Waals surface area contributed by atoms with Crippen LogP contribution in [0.2, 0.25) is 0 Å². The van der Waals surface area contributed by atoms with Crippen LogP contribution in [-0.4, -0.2) is 27.6 Å². The summed E-state index contributed by atoms with van der Waals surface area (Å²) in [5.74, 6) is -2.12. The van der Waals surface area contributed by atoms with Crippen molar-refractivity contribution in [3.8, 4) is 0 Å². The lowest BCUT2D eigenvalue weighted by atomic mass is 10.00. The second-order valence-corrected chi connectivity index (χ2v) is 4.53. The van der Waals surface area contributed by atoms with Crippen molar-refractivity contribution in [1.29, 1.82) is 0 Å². The number of hydrogen-bond donors (Lipinski definition) is 3. The lowest BCUT2D eigenvalue weighted by Crippen LogP contribution is -2.53. The van der Waals surface area contributed by atoms with Crippen LogP contribution in [0.25, 0.3) is 0 Å². The minimum Gasteiger partial charge on any atom is -0.480 e. The number of urea groups is 1. The van der Waals surface area contributed by atoms with Gasteiger partial charge in [0, 0.05) is 6.07 Å². The molecule has 0 aliphatic carbocycles. The van der Waals surface area contributed by atoms with Crippen molar-refractivity contribution < 1.29 is 24.0 Å². The lowest BCUT2D eigenvalue weighted by Gasteiger charge is -2.24. The van der Waals surface area contributed by atoms with Crippen LogP contribution in [0, 0.1) is 15.9 Å². The van der Waals surface area contributed by atoms with E-state index >= 15 is 0 Å². The molecule has 1 unspecified atom stereocenters. The first-order valence-corrected chi connectivity index (χ1v) is 5.95. The Kier molecular flexibility index (Phi) is 4.79. The molecular formula is C12H14FN3O5. The van der Waals surface area contributed by atoms with Crippen molar-refractivity contribution >= 4 is 23.4 Å². The highest BCUT2D eigenvalue weighted by molar-refractivity contribution is 5.93. The summed E-state index contributed by atoms with van der Waals surface area (Å²) in [6, 6.07) is 1.65. The number of nitrogens with zero attached hydrogens (tertiary/aromatic N) is 1. The Morgan fingerprint density at radius 2 is 2.05 bits per heavy atom. The Morgan fingerprint density at radius 1 is 1.43 bits per heavy atom. The summed E-state index contributed by atoms with van der Waals surface area (Å²) in [7, 11) is 0. The molecule has 0 fully saturated rings. The number of carboxylic acid groups (broad SMARTS) is 1. The molecule has 0 aliphatic heterocycles. The van der Waals surface area contributed by atoms with E-state index < -0.39 is 34.0 Å². The van der Waals surface area contributed by atoms with Crippen LogP contribution in [0.3, 0.4) is 0 Å². The summed E-state index contributed by atoms with van der Waals surface area (Å²) in [6.07, 6.45) is 0.124. The molecule has 1 rings (SSSR count). The number of aliphatic carboxylic acids is 1. The number of non-ortho nitro benzene ring substituents is 1. The molecule has 2 amide bonds. The number of nitro groups is 1. The summed E-state index contributed by atoms with van der Waals surface area (Å²) >= 11 is 0. The Bertz CT molecular complexity index is 592. The van der Waals surface area contributed by atoms with Gasteiger partial charge in [-0.2, -0.15) is 0 Å². The maximum absolute atomic E-state index is 13.2. The highest BCUT2D eigenvalue weighted by Gasteiger charge is 2.32. The van der Waals surface area contributed by atoms with Crippen LogP contribution in [0.5, 0.6) is 0 Å². The summed E-state index contributed by atoms with van der Waals surface area (Å²) in [6.45, 7) is 2.88. The average molecular weight is 299 g/mol. The number of carbonyl (C=O) groups is 2. The number of nitro benzene ring substituents is 1. The molecule has 1 atom stereocenters. The second kappa shape index (κ2) is 6.16. The lowest BCUT2D eigenvalue weighted by molar-refractivity contribution is -0.385. The van der Waals surface area contributed by atoms with Gasteiger partial charge in [-0.3, -0.25) is 10.1 Å². The highest BCUT2D eigenvalue weighted by atomic mass is 19.1. The highest BCUT2D eigenvalue weighted by Crippen LogP contribution is 2.20. The van der Waals surface area contributed by atoms with Gasteiger partial charge in [-0.05, 0) is 19.4 Å². The van der Waals surface area contributed by atoms with Gasteiger partial charge in [0.1, 0.15) is 11.4 Å². The van der Waals surface area contributed by atoms with Crippen LogP contribution in [-0.2, 0) is 4.79 Å². The van der Waals surface area contributed by atoms with E-state index in [1.165, 1.54) is 6.92 Å². The average Bonchev–Trinajstić information content (AvgIpc) is 2.37. The van der Waals surface area contributed by atoms with Crippen molar-refractivity contribution in [3.05, 3.63) is 34.1 Å². The molecular weight excluding hydrogens is 285 g/mol. The minimum absolute atomic E-state index is 0.124. The number of hydrogen-bond acceptors (Lipinski definition) is 4. The summed E-state index contributed by atoms with van der Waals surface area (Å²) in [5, 5.41) is 24.0. The third-order valence-corrected chi connectivity index (χ3v) is 2.92. The minimum atomic E-state index is -1.50. The Labute approximate surface area is 119 Å². The zero-order chi connectivity index (χ0) is 16.2. The molecule has 0 spiro atoms. The first kappa shape index (κ1) is 16.3. The predicted octanol–water partition coefficient (Wildman–Crippen LogP) is 2.11. The van der Waals surface area contributed by atoms with Crippen molar-refractivity contribution in [2.75, 3.05) is 5.32 Å². The quantitative estimate of drug-likeness (QED) is 0.567. The normalized spacial score (nSPS) is 13.1. The second-order valence-electron chi connectivity index (χ2n) is 4.53. The van der Waals surface area contributed by atoms with Crippen LogP contribution in [0.4, 0.5) is 20.6 Å². The summed E-state index contributed by atoms with van der Waals surface area (Å²) < 4.78 is 13.2. The number of anilines is 1. The smallest absolute Gasteiger partial charge is 0.329 e. The number of halogens is 1. The number of benzene rings is 1. The van der Waals surface area contributed by atoms with E-state index in [2.05, 4.69) is 10.6 Å². The van der Waals surface area contributed by atoms with E-state index in [1.807, 2.05) is 0 Å². The molecule has 0 saturated carbocycles. The number of carboxylic acids is 1. The number of amides is 2. The molecule has 0 aliphatic rings. The van der Waals surface area contributed by atoms with Gasteiger partial charge in [0.2, 0.25) is 0 Å². The van der Waals surface area contributed by atoms with E-state index in [0.717, 1.165) is 12.1 Å². The first-order valence-electron chi connectivity index (χ1n) is 5.95. The number of carbonyl (C=O) groups excluding carboxylic acids is 1. The Morgan fingerprint density at radius 3 is 2.52 bits per heavy atom. The monoisotopic (exact) mass is 299 g/mol. The summed E-state index contributed by atoms with van der Waals surface area (Å²) in [4.78, 5) is 32.5. The van der Waals surface area contributed by atoms with Crippen LogP contribution in [0.15, 0.2) is 18.2 Å². The number of nitrogens with one attached hydrogen (secondary N) is 2. The fourth-order valence-electron chi connectivity index (χ4n) is 1.46. The maximum Gasteiger partial charge on any atom is 0.329 e. The fraction of sp³-hybridized carbons (Fsp3) is 0.333. The van der Waals surface area contributed by atoms with Crippen LogP contribution < -0.4 is 10.6 Å². The largest absolute Gasteiger partial charge is 0.480 e. The topological polar surface area (TPSA) is 122 Å². The van der Waals surface area contributed by atoms with E-state index in [0.29, 0.717) is 6.07 Å². The third kappa shape index (κ3) is 4.13. The predicted molar refractivity (Wildman–Crippen MR) is 71.5 cm³/mol. The van der Waals surface area contributed by atoms with Crippen LogP contribution >= 0.6 is 0 Å². The van der Waals surface area contributed by atoms with Gasteiger partial charge in [0.15, 0.2) is 0 Å². The van der Waals surface area contributed by atoms with Crippen LogP contribution in [0.1, 0.15) is 20.3 Å². The Hall–Kier alpha value is -2.71. The van der Waals surface area contributed by atoms with E-state index in [-0.39, 0.29) is 12.1 Å². The maximum atomic E-state index is 13.2. The molecule has 3 N–H and O–H groups in total. The molecule has 0 radical (unpaired) electrons. The summed E-state index contributed by atoms with van der Waals surface area (Å²) in [5.41, 5.74) is -2.17. The molecule has 114 valence electrons. The molecule has 0 bridgehead atoms.